The largest absolute Gasteiger partial charge is 0.508 e. The number of thioether (sulfide) groups is 1. The van der Waals surface area contributed by atoms with Crippen LogP contribution in [-0.4, -0.2) is 22.8 Å². The van der Waals surface area contributed by atoms with Gasteiger partial charge in [-0.15, -0.1) is 0 Å². The van der Waals surface area contributed by atoms with Crippen LogP contribution in [0.3, 0.4) is 0 Å². The number of phenols is 1. The van der Waals surface area contributed by atoms with E-state index in [4.69, 9.17) is 0 Å². The van der Waals surface area contributed by atoms with E-state index in [2.05, 4.69) is 17.5 Å². The lowest BCUT2D eigenvalue weighted by Gasteiger charge is -2.21. The summed E-state index contributed by atoms with van der Waals surface area (Å²) in [6.45, 7) is 0. The summed E-state index contributed by atoms with van der Waals surface area (Å²) in [4.78, 5) is 4.55. The molecule has 0 amide bonds. The number of hydrogen-bond donors (Lipinski definition) is 1. The molecule has 0 fully saturated rings. The first-order valence-corrected chi connectivity index (χ1v) is 6.43. The normalized spacial score (nSPS) is 25.4. The maximum absolute atomic E-state index is 9.19. The van der Waals surface area contributed by atoms with E-state index in [1.807, 2.05) is 23.9 Å². The molecule has 1 heterocycles. The predicted octanol–water partition coefficient (Wildman–Crippen LogP) is 3.03. The summed E-state index contributed by atoms with van der Waals surface area (Å²) in [5.74, 6) is 0.320. The Bertz CT molecular complexity index is 347. The van der Waals surface area contributed by atoms with Gasteiger partial charge in [0.25, 0.3) is 0 Å². The zero-order valence-corrected chi connectivity index (χ0v) is 9.57. The van der Waals surface area contributed by atoms with Crippen molar-refractivity contribution in [1.82, 2.24) is 0 Å². The summed E-state index contributed by atoms with van der Waals surface area (Å²) < 4.78 is 0. The fraction of sp³-hybridized carbons (Fsp3) is 0.417. The molecule has 2 atom stereocenters. The van der Waals surface area contributed by atoms with Crippen molar-refractivity contribution in [3.8, 4) is 5.75 Å². The second kappa shape index (κ2) is 4.71. The van der Waals surface area contributed by atoms with E-state index in [-0.39, 0.29) is 6.04 Å². The van der Waals surface area contributed by atoms with Crippen molar-refractivity contribution in [2.24, 2.45) is 4.99 Å². The van der Waals surface area contributed by atoms with Crippen molar-refractivity contribution in [3.63, 3.8) is 0 Å². The van der Waals surface area contributed by atoms with Crippen LogP contribution in [0.25, 0.3) is 0 Å². The lowest BCUT2D eigenvalue weighted by molar-refractivity contribution is 0.474. The van der Waals surface area contributed by atoms with Gasteiger partial charge in [0.2, 0.25) is 0 Å². The molecule has 1 aromatic rings. The monoisotopic (exact) mass is 221 g/mol. The fourth-order valence-electron chi connectivity index (χ4n) is 1.80. The first kappa shape index (κ1) is 10.6. The minimum Gasteiger partial charge on any atom is -0.508 e. The van der Waals surface area contributed by atoms with E-state index < -0.39 is 0 Å². The van der Waals surface area contributed by atoms with Gasteiger partial charge in [-0.05, 0) is 36.8 Å². The topological polar surface area (TPSA) is 32.6 Å². The Kier molecular flexibility index (Phi) is 3.31. The summed E-state index contributed by atoms with van der Waals surface area (Å²) in [5.41, 5.74) is 1.20. The highest BCUT2D eigenvalue weighted by molar-refractivity contribution is 7.99. The Morgan fingerprint density at radius 1 is 1.27 bits per heavy atom. The zero-order chi connectivity index (χ0) is 10.7. The molecule has 1 aliphatic heterocycles. The predicted molar refractivity (Wildman–Crippen MR) is 65.9 cm³/mol. The minimum absolute atomic E-state index is 0.286. The molecule has 0 aromatic heterocycles. The Morgan fingerprint density at radius 2 is 2.00 bits per heavy atom. The molecule has 3 heteroatoms. The van der Waals surface area contributed by atoms with E-state index in [0.717, 1.165) is 6.42 Å². The molecule has 0 bridgehead atoms. The van der Waals surface area contributed by atoms with E-state index in [9.17, 15) is 5.11 Å². The lowest BCUT2D eigenvalue weighted by Crippen LogP contribution is -2.13. The van der Waals surface area contributed by atoms with Crippen LogP contribution in [0.5, 0.6) is 5.75 Å². The van der Waals surface area contributed by atoms with Gasteiger partial charge in [0.1, 0.15) is 5.75 Å². The highest BCUT2D eigenvalue weighted by Gasteiger charge is 2.17. The third-order valence-electron chi connectivity index (χ3n) is 2.74. The molecule has 15 heavy (non-hydrogen) atoms. The maximum Gasteiger partial charge on any atom is 0.115 e. The van der Waals surface area contributed by atoms with Gasteiger partial charge in [0, 0.05) is 11.5 Å². The number of hydrogen-bond acceptors (Lipinski definition) is 3. The van der Waals surface area contributed by atoms with Crippen LogP contribution in [0.1, 0.15) is 24.4 Å². The summed E-state index contributed by atoms with van der Waals surface area (Å²) in [7, 11) is 0. The maximum atomic E-state index is 9.19. The van der Waals surface area contributed by atoms with Crippen LogP contribution in [-0.2, 0) is 0 Å². The van der Waals surface area contributed by atoms with E-state index in [1.54, 1.807) is 12.1 Å². The zero-order valence-electron chi connectivity index (χ0n) is 8.76. The van der Waals surface area contributed by atoms with Gasteiger partial charge in [0.15, 0.2) is 0 Å². The number of aromatic hydroxyl groups is 1. The van der Waals surface area contributed by atoms with Crippen LogP contribution in [0.15, 0.2) is 29.3 Å². The van der Waals surface area contributed by atoms with Crippen molar-refractivity contribution >= 4 is 18.0 Å². The fourth-order valence-corrected chi connectivity index (χ4v) is 2.36. The second-order valence-electron chi connectivity index (χ2n) is 3.76. The molecule has 2 rings (SSSR count). The van der Waals surface area contributed by atoms with Gasteiger partial charge >= 0.3 is 0 Å². The highest BCUT2D eigenvalue weighted by Crippen LogP contribution is 2.30. The molecule has 0 aliphatic carbocycles. The van der Waals surface area contributed by atoms with Gasteiger partial charge in [0.05, 0.1) is 6.04 Å². The summed E-state index contributed by atoms with van der Waals surface area (Å²) in [6, 6.07) is 7.65. The van der Waals surface area contributed by atoms with Crippen molar-refractivity contribution in [1.29, 1.82) is 0 Å². The number of rotatable bonds is 2. The van der Waals surface area contributed by atoms with Crippen LogP contribution in [0, 0.1) is 0 Å². The van der Waals surface area contributed by atoms with Gasteiger partial charge in [-0.1, -0.05) is 12.1 Å². The molecular formula is C12H15NOS. The van der Waals surface area contributed by atoms with E-state index in [1.165, 1.54) is 12.0 Å². The number of nitrogens with zero attached hydrogens (tertiary/aromatic N) is 1. The van der Waals surface area contributed by atoms with Crippen molar-refractivity contribution < 1.29 is 5.11 Å². The molecule has 2 nitrogen and oxygen atoms in total. The Labute approximate surface area is 94.4 Å². The van der Waals surface area contributed by atoms with Crippen LogP contribution in [0.4, 0.5) is 0 Å². The molecule has 1 aliphatic rings. The molecule has 0 saturated heterocycles. The van der Waals surface area contributed by atoms with Gasteiger partial charge in [-0.25, -0.2) is 0 Å². The van der Waals surface area contributed by atoms with Gasteiger partial charge < -0.3 is 5.11 Å². The number of benzene rings is 1. The molecule has 2 unspecified atom stereocenters. The molecule has 1 aromatic carbocycles. The molecule has 1 N–H and O–H groups in total. The average molecular weight is 221 g/mol. The van der Waals surface area contributed by atoms with Crippen molar-refractivity contribution in [2.75, 3.05) is 6.26 Å². The summed E-state index contributed by atoms with van der Waals surface area (Å²) >= 11 is 1.86. The van der Waals surface area contributed by atoms with Gasteiger partial charge in [-0.3, -0.25) is 4.99 Å². The quantitative estimate of drug-likeness (QED) is 0.832. The van der Waals surface area contributed by atoms with Gasteiger partial charge in [-0.2, -0.15) is 11.8 Å². The van der Waals surface area contributed by atoms with Crippen molar-refractivity contribution in [3.05, 3.63) is 29.8 Å². The SMILES string of the molecule is CSC1C=NC(c2ccc(O)cc2)CC1. The summed E-state index contributed by atoms with van der Waals surface area (Å²) in [5, 5.41) is 9.78. The third-order valence-corrected chi connectivity index (χ3v) is 3.70. The molecule has 0 radical (unpaired) electrons. The van der Waals surface area contributed by atoms with E-state index >= 15 is 0 Å². The Balaban J connectivity index is 2.10. The van der Waals surface area contributed by atoms with Crippen LogP contribution < -0.4 is 0 Å². The van der Waals surface area contributed by atoms with Crippen molar-refractivity contribution in [2.45, 2.75) is 24.1 Å². The molecule has 80 valence electrons. The second-order valence-corrected chi connectivity index (χ2v) is 4.83. The first-order valence-electron chi connectivity index (χ1n) is 5.14. The highest BCUT2D eigenvalue weighted by atomic mass is 32.2. The Hall–Kier alpha value is -0.960. The minimum atomic E-state index is 0.286. The smallest absolute Gasteiger partial charge is 0.115 e. The average Bonchev–Trinajstić information content (AvgIpc) is 2.30. The van der Waals surface area contributed by atoms with Crippen LogP contribution >= 0.6 is 11.8 Å². The summed E-state index contributed by atoms with van der Waals surface area (Å²) in [6.07, 6.45) is 6.48. The molecular weight excluding hydrogens is 206 g/mol. The third kappa shape index (κ3) is 2.53. The Morgan fingerprint density at radius 3 is 2.53 bits per heavy atom. The standard InChI is InChI=1S/C12H15NOS/c1-15-11-6-7-12(13-8-11)9-2-4-10(14)5-3-9/h2-5,8,11-12,14H,6-7H2,1H3. The molecule has 0 spiro atoms. The van der Waals surface area contributed by atoms with Crippen LogP contribution in [0.2, 0.25) is 0 Å². The number of phenolic OH excluding ortho intramolecular Hbond substituents is 1. The lowest BCUT2D eigenvalue weighted by atomic mass is 9.99. The van der Waals surface area contributed by atoms with E-state index in [0.29, 0.717) is 11.0 Å². The first-order chi connectivity index (χ1) is 7.29. The molecule has 0 saturated carbocycles. The number of aliphatic imine (C=N–C) groups is 1.